The van der Waals surface area contributed by atoms with Crippen LogP contribution in [0.5, 0.6) is 11.5 Å². The predicted octanol–water partition coefficient (Wildman–Crippen LogP) is 5.06. The second kappa shape index (κ2) is 13.6. The maximum atomic E-state index is 13.4. The van der Waals surface area contributed by atoms with Gasteiger partial charge in [-0.25, -0.2) is 0 Å². The van der Waals surface area contributed by atoms with E-state index in [0.29, 0.717) is 44.1 Å². The Morgan fingerprint density at radius 3 is 2.29 bits per heavy atom. The topological polar surface area (TPSA) is 67.9 Å². The number of hydrogen-bond acceptors (Lipinski definition) is 4. The molecule has 1 N–H and O–H groups in total. The van der Waals surface area contributed by atoms with E-state index in [1.165, 1.54) is 0 Å². The zero-order valence-electron chi connectivity index (χ0n) is 21.5. The molecule has 0 aromatic heterocycles. The van der Waals surface area contributed by atoms with Gasteiger partial charge in [0.15, 0.2) is 11.5 Å². The minimum atomic E-state index is -0.568. The van der Waals surface area contributed by atoms with Gasteiger partial charge in [0.2, 0.25) is 11.8 Å². The molecule has 0 aliphatic rings. The van der Waals surface area contributed by atoms with Crippen molar-refractivity contribution < 1.29 is 19.1 Å². The van der Waals surface area contributed by atoms with E-state index < -0.39 is 6.04 Å². The molecule has 0 bridgehead atoms. The molecule has 0 radical (unpaired) electrons. The van der Waals surface area contributed by atoms with Crippen LogP contribution in [0.25, 0.3) is 0 Å². The number of hydrogen-bond donors (Lipinski definition) is 1. The van der Waals surface area contributed by atoms with Crippen LogP contribution in [-0.2, 0) is 22.6 Å². The Balaban J connectivity index is 2.18. The molecule has 0 heterocycles. The van der Waals surface area contributed by atoms with Crippen molar-refractivity contribution in [3.63, 3.8) is 0 Å². The van der Waals surface area contributed by atoms with Crippen LogP contribution in [0.3, 0.4) is 0 Å². The average Bonchev–Trinajstić information content (AvgIpc) is 2.82. The van der Waals surface area contributed by atoms with Crippen LogP contribution in [-0.4, -0.2) is 42.0 Å². The number of ether oxygens (including phenoxy) is 2. The maximum absolute atomic E-state index is 13.4. The highest BCUT2D eigenvalue weighted by atomic mass is 16.5. The third kappa shape index (κ3) is 8.08. The van der Waals surface area contributed by atoms with E-state index in [1.54, 1.807) is 11.8 Å². The standard InChI is InChI=1S/C28H40N2O4/c1-7-21(5)29-28(32)22(6)30(19-24-12-10-11-20(4)17-24)27(31)16-14-23-13-15-25(33-8-2)26(18-23)34-9-3/h10-13,15,17-18,21-22H,7-9,14,16,19H2,1-6H3,(H,29,32)/t21-,22-/m1/s1. The van der Waals surface area contributed by atoms with Crippen molar-refractivity contribution in [2.45, 2.75) is 79.4 Å². The summed E-state index contributed by atoms with van der Waals surface area (Å²) in [6.07, 6.45) is 1.69. The van der Waals surface area contributed by atoms with Gasteiger partial charge in [0.25, 0.3) is 0 Å². The Hall–Kier alpha value is -3.02. The van der Waals surface area contributed by atoms with Crippen molar-refractivity contribution >= 4 is 11.8 Å². The fourth-order valence-electron chi connectivity index (χ4n) is 3.70. The van der Waals surface area contributed by atoms with Gasteiger partial charge < -0.3 is 19.7 Å². The molecule has 0 saturated carbocycles. The molecule has 0 aliphatic carbocycles. The molecule has 0 unspecified atom stereocenters. The Kier molecular flexibility index (Phi) is 10.9. The summed E-state index contributed by atoms with van der Waals surface area (Å²) < 4.78 is 11.4. The summed E-state index contributed by atoms with van der Waals surface area (Å²) in [6.45, 7) is 13.2. The first-order valence-electron chi connectivity index (χ1n) is 12.3. The summed E-state index contributed by atoms with van der Waals surface area (Å²) in [7, 11) is 0. The van der Waals surface area contributed by atoms with E-state index in [9.17, 15) is 9.59 Å². The minimum Gasteiger partial charge on any atom is -0.490 e. The van der Waals surface area contributed by atoms with Crippen molar-refractivity contribution in [3.8, 4) is 11.5 Å². The first kappa shape index (κ1) is 27.2. The molecule has 2 amide bonds. The number of nitrogens with one attached hydrogen (secondary N) is 1. The first-order chi connectivity index (χ1) is 16.3. The first-order valence-corrected chi connectivity index (χ1v) is 12.3. The number of rotatable bonds is 13. The van der Waals surface area contributed by atoms with Crippen molar-refractivity contribution in [1.29, 1.82) is 0 Å². The van der Waals surface area contributed by atoms with Gasteiger partial charge in [-0.2, -0.15) is 0 Å². The fraction of sp³-hybridized carbons (Fsp3) is 0.500. The maximum Gasteiger partial charge on any atom is 0.242 e. The largest absolute Gasteiger partial charge is 0.490 e. The molecule has 0 spiro atoms. The lowest BCUT2D eigenvalue weighted by molar-refractivity contribution is -0.140. The molecule has 0 aliphatic heterocycles. The SMILES string of the molecule is CCOc1ccc(CCC(=O)N(Cc2cccc(C)c2)[C@H](C)C(=O)N[C@H](C)CC)cc1OCC. The molecule has 2 atom stereocenters. The highest BCUT2D eigenvalue weighted by Gasteiger charge is 2.26. The Morgan fingerprint density at radius 1 is 0.941 bits per heavy atom. The van der Waals surface area contributed by atoms with E-state index >= 15 is 0 Å². The number of carbonyl (C=O) groups is 2. The second-order valence-electron chi connectivity index (χ2n) is 8.65. The molecule has 0 fully saturated rings. The molecule has 6 heteroatoms. The fourth-order valence-corrected chi connectivity index (χ4v) is 3.70. The van der Waals surface area contributed by atoms with Crippen LogP contribution in [0.2, 0.25) is 0 Å². The second-order valence-corrected chi connectivity index (χ2v) is 8.65. The summed E-state index contributed by atoms with van der Waals surface area (Å²) in [5.41, 5.74) is 3.13. The third-order valence-electron chi connectivity index (χ3n) is 5.84. The van der Waals surface area contributed by atoms with Crippen LogP contribution < -0.4 is 14.8 Å². The van der Waals surface area contributed by atoms with Crippen molar-refractivity contribution in [2.24, 2.45) is 0 Å². The van der Waals surface area contributed by atoms with Gasteiger partial charge in [0.05, 0.1) is 13.2 Å². The lowest BCUT2D eigenvalue weighted by atomic mass is 10.1. The summed E-state index contributed by atoms with van der Waals surface area (Å²) in [5, 5.41) is 3.01. The highest BCUT2D eigenvalue weighted by Crippen LogP contribution is 2.29. The van der Waals surface area contributed by atoms with E-state index in [0.717, 1.165) is 23.1 Å². The molecular weight excluding hydrogens is 428 g/mol. The van der Waals surface area contributed by atoms with E-state index in [4.69, 9.17) is 9.47 Å². The lowest BCUT2D eigenvalue weighted by Crippen LogP contribution is -2.49. The number of amides is 2. The molecule has 6 nitrogen and oxygen atoms in total. The molecule has 34 heavy (non-hydrogen) atoms. The number of benzene rings is 2. The van der Waals surface area contributed by atoms with Crippen molar-refractivity contribution in [1.82, 2.24) is 10.2 Å². The number of aryl methyl sites for hydroxylation is 2. The third-order valence-corrected chi connectivity index (χ3v) is 5.84. The zero-order chi connectivity index (χ0) is 25.1. The van der Waals surface area contributed by atoms with Gasteiger partial charge in [-0.1, -0.05) is 42.8 Å². The van der Waals surface area contributed by atoms with E-state index in [1.807, 2.05) is 71.0 Å². The van der Waals surface area contributed by atoms with E-state index in [2.05, 4.69) is 11.4 Å². The average molecular weight is 469 g/mol. The molecule has 2 rings (SSSR count). The summed E-state index contributed by atoms with van der Waals surface area (Å²) in [4.78, 5) is 27.9. The van der Waals surface area contributed by atoms with Gasteiger partial charge in [-0.3, -0.25) is 9.59 Å². The molecule has 0 saturated heterocycles. The Labute approximate surface area is 204 Å². The summed E-state index contributed by atoms with van der Waals surface area (Å²) in [5.74, 6) is 1.21. The zero-order valence-corrected chi connectivity index (χ0v) is 21.5. The van der Waals surface area contributed by atoms with Gasteiger partial charge in [0, 0.05) is 19.0 Å². The van der Waals surface area contributed by atoms with Crippen LogP contribution in [0.4, 0.5) is 0 Å². The van der Waals surface area contributed by atoms with Crippen molar-refractivity contribution in [2.75, 3.05) is 13.2 Å². The molecule has 2 aromatic carbocycles. The quantitative estimate of drug-likeness (QED) is 0.446. The smallest absolute Gasteiger partial charge is 0.242 e. The monoisotopic (exact) mass is 468 g/mol. The van der Waals surface area contributed by atoms with Crippen LogP contribution in [0.1, 0.15) is 64.2 Å². The summed E-state index contributed by atoms with van der Waals surface area (Å²) in [6, 6.07) is 13.3. The molecule has 186 valence electrons. The van der Waals surface area contributed by atoms with Gasteiger partial charge in [-0.05, 0) is 70.7 Å². The lowest BCUT2D eigenvalue weighted by Gasteiger charge is -2.30. The summed E-state index contributed by atoms with van der Waals surface area (Å²) >= 11 is 0. The minimum absolute atomic E-state index is 0.0554. The van der Waals surface area contributed by atoms with Gasteiger partial charge in [0.1, 0.15) is 6.04 Å². The Bertz CT molecular complexity index is 944. The molecular formula is C28H40N2O4. The van der Waals surface area contributed by atoms with Gasteiger partial charge in [-0.15, -0.1) is 0 Å². The number of nitrogens with zero attached hydrogens (tertiary/aromatic N) is 1. The van der Waals surface area contributed by atoms with Crippen LogP contribution in [0, 0.1) is 6.92 Å². The van der Waals surface area contributed by atoms with Gasteiger partial charge >= 0.3 is 0 Å². The molecule has 2 aromatic rings. The van der Waals surface area contributed by atoms with Crippen molar-refractivity contribution in [3.05, 3.63) is 59.2 Å². The normalized spacial score (nSPS) is 12.5. The predicted molar refractivity (Wildman–Crippen MR) is 136 cm³/mol. The van der Waals surface area contributed by atoms with Crippen LogP contribution in [0.15, 0.2) is 42.5 Å². The Morgan fingerprint density at radius 2 is 1.65 bits per heavy atom. The highest BCUT2D eigenvalue weighted by molar-refractivity contribution is 5.87. The van der Waals surface area contributed by atoms with Crippen LogP contribution >= 0.6 is 0 Å². The number of carbonyl (C=O) groups excluding carboxylic acids is 2. The van der Waals surface area contributed by atoms with E-state index in [-0.39, 0.29) is 17.9 Å².